The second-order valence-corrected chi connectivity index (χ2v) is 4.19. The molecule has 1 heterocycles. The van der Waals surface area contributed by atoms with Gasteiger partial charge >= 0.3 is 0 Å². The summed E-state index contributed by atoms with van der Waals surface area (Å²) in [5.74, 6) is 2.60. The van der Waals surface area contributed by atoms with Gasteiger partial charge < -0.3 is 0 Å². The molecule has 0 saturated carbocycles. The highest BCUT2D eigenvalue weighted by molar-refractivity contribution is 7.22. The van der Waals surface area contributed by atoms with E-state index in [1.165, 1.54) is 23.2 Å². The van der Waals surface area contributed by atoms with Crippen LogP contribution in [0, 0.1) is 12.0 Å². The molecule has 3 nitrogen and oxygen atoms in total. The number of carbonyl (C=O) groups is 1. The lowest BCUT2D eigenvalue weighted by Gasteiger charge is -2.07. The lowest BCUT2D eigenvalue weighted by Crippen LogP contribution is -2.22. The number of hydrogen-bond acceptors (Lipinski definition) is 3. The van der Waals surface area contributed by atoms with Crippen LogP contribution in [0.3, 0.4) is 0 Å². The molecular weight excluding hydrogens is 220 g/mol. The molecule has 1 aromatic heterocycles. The molecular formula is C12H10N2OS. The SMILES string of the molecule is CC#CN(C(C)=O)c1nc2ccccc2s1. The molecule has 80 valence electrons. The van der Waals surface area contributed by atoms with E-state index in [0.717, 1.165) is 10.2 Å². The van der Waals surface area contributed by atoms with Crippen LogP contribution in [-0.2, 0) is 4.79 Å². The lowest BCUT2D eigenvalue weighted by atomic mass is 10.3. The van der Waals surface area contributed by atoms with Gasteiger partial charge in [0.2, 0.25) is 11.0 Å². The van der Waals surface area contributed by atoms with Gasteiger partial charge in [0.15, 0.2) is 0 Å². The van der Waals surface area contributed by atoms with Crippen molar-refractivity contribution in [1.82, 2.24) is 4.98 Å². The van der Waals surface area contributed by atoms with Crippen LogP contribution in [0.2, 0.25) is 0 Å². The first-order valence-corrected chi connectivity index (χ1v) is 5.62. The van der Waals surface area contributed by atoms with Gasteiger partial charge in [0.1, 0.15) is 0 Å². The van der Waals surface area contributed by atoms with E-state index in [1.54, 1.807) is 6.92 Å². The smallest absolute Gasteiger partial charge is 0.237 e. The van der Waals surface area contributed by atoms with Crippen molar-refractivity contribution in [3.63, 3.8) is 0 Å². The third-order valence-corrected chi connectivity index (χ3v) is 3.03. The topological polar surface area (TPSA) is 33.2 Å². The lowest BCUT2D eigenvalue weighted by molar-refractivity contribution is -0.115. The summed E-state index contributed by atoms with van der Waals surface area (Å²) in [5.41, 5.74) is 0.895. The first-order valence-electron chi connectivity index (χ1n) is 4.81. The van der Waals surface area contributed by atoms with Crippen LogP contribution in [0.4, 0.5) is 5.13 Å². The van der Waals surface area contributed by atoms with E-state index >= 15 is 0 Å². The van der Waals surface area contributed by atoms with Crippen molar-refractivity contribution < 1.29 is 4.79 Å². The van der Waals surface area contributed by atoms with Crippen molar-refractivity contribution in [1.29, 1.82) is 0 Å². The summed E-state index contributed by atoms with van der Waals surface area (Å²) >= 11 is 1.47. The van der Waals surface area contributed by atoms with Crippen molar-refractivity contribution in [3.8, 4) is 12.0 Å². The number of amides is 1. The monoisotopic (exact) mass is 230 g/mol. The summed E-state index contributed by atoms with van der Waals surface area (Å²) < 4.78 is 1.06. The summed E-state index contributed by atoms with van der Waals surface area (Å²) in [5, 5.41) is 0.628. The highest BCUT2D eigenvalue weighted by atomic mass is 32.1. The Kier molecular flexibility index (Phi) is 2.88. The second kappa shape index (κ2) is 4.33. The summed E-state index contributed by atoms with van der Waals surface area (Å²) in [6.45, 7) is 3.18. The maximum absolute atomic E-state index is 11.4. The van der Waals surface area contributed by atoms with Crippen LogP contribution in [0.15, 0.2) is 24.3 Å². The van der Waals surface area contributed by atoms with Gasteiger partial charge in [-0.15, -0.1) is 0 Å². The van der Waals surface area contributed by atoms with Crippen LogP contribution in [0.25, 0.3) is 10.2 Å². The van der Waals surface area contributed by atoms with Crippen LogP contribution in [0.1, 0.15) is 13.8 Å². The molecule has 2 aromatic rings. The highest BCUT2D eigenvalue weighted by Crippen LogP contribution is 2.28. The Balaban J connectivity index is 2.51. The normalized spacial score (nSPS) is 9.62. The minimum Gasteiger partial charge on any atom is -0.274 e. The number of fused-ring (bicyclic) bond motifs is 1. The molecule has 1 amide bonds. The first-order chi connectivity index (χ1) is 7.72. The number of hydrogen-bond donors (Lipinski definition) is 0. The van der Waals surface area contributed by atoms with Crippen molar-refractivity contribution in [2.24, 2.45) is 0 Å². The Hall–Kier alpha value is -1.86. The summed E-state index contributed by atoms with van der Waals surface area (Å²) in [4.78, 5) is 17.2. The number of carbonyl (C=O) groups excluding carboxylic acids is 1. The molecule has 0 unspecified atom stereocenters. The Labute approximate surface area is 97.7 Å². The van der Waals surface area contributed by atoms with Gasteiger partial charge in [-0.3, -0.25) is 4.79 Å². The molecule has 0 aliphatic heterocycles. The van der Waals surface area contributed by atoms with Crippen molar-refractivity contribution in [3.05, 3.63) is 24.3 Å². The molecule has 0 saturated heterocycles. The maximum Gasteiger partial charge on any atom is 0.237 e. The minimum atomic E-state index is -0.117. The molecule has 0 atom stereocenters. The van der Waals surface area contributed by atoms with E-state index in [-0.39, 0.29) is 5.91 Å². The number of anilines is 1. The fourth-order valence-corrected chi connectivity index (χ4v) is 2.30. The average Bonchev–Trinajstić information content (AvgIpc) is 2.68. The summed E-state index contributed by atoms with van der Waals surface area (Å²) in [6.07, 6.45) is 0. The third-order valence-electron chi connectivity index (χ3n) is 2.01. The zero-order valence-electron chi connectivity index (χ0n) is 9.02. The molecule has 0 radical (unpaired) electrons. The van der Waals surface area contributed by atoms with Gasteiger partial charge in [-0.05, 0) is 19.1 Å². The Morgan fingerprint density at radius 3 is 2.81 bits per heavy atom. The largest absolute Gasteiger partial charge is 0.274 e. The van der Waals surface area contributed by atoms with E-state index in [2.05, 4.69) is 16.9 Å². The highest BCUT2D eigenvalue weighted by Gasteiger charge is 2.13. The number of thiazole rings is 1. The second-order valence-electron chi connectivity index (χ2n) is 3.18. The minimum absolute atomic E-state index is 0.117. The number of para-hydroxylation sites is 1. The maximum atomic E-state index is 11.4. The number of nitrogens with zero attached hydrogens (tertiary/aromatic N) is 2. The fraction of sp³-hybridized carbons (Fsp3) is 0.167. The molecule has 2 rings (SSSR count). The van der Waals surface area contributed by atoms with E-state index in [0.29, 0.717) is 5.13 Å². The zero-order chi connectivity index (χ0) is 11.5. The summed E-state index contributed by atoms with van der Waals surface area (Å²) in [7, 11) is 0. The van der Waals surface area contributed by atoms with Gasteiger partial charge in [0.05, 0.1) is 10.2 Å². The van der Waals surface area contributed by atoms with Gasteiger partial charge in [-0.25, -0.2) is 9.88 Å². The van der Waals surface area contributed by atoms with Gasteiger partial charge in [-0.1, -0.05) is 29.4 Å². The van der Waals surface area contributed by atoms with Crippen LogP contribution >= 0.6 is 11.3 Å². The molecule has 4 heteroatoms. The fourth-order valence-electron chi connectivity index (χ4n) is 1.33. The van der Waals surface area contributed by atoms with Crippen molar-refractivity contribution in [2.45, 2.75) is 13.8 Å². The van der Waals surface area contributed by atoms with Crippen molar-refractivity contribution >= 4 is 32.6 Å². The van der Waals surface area contributed by atoms with Gasteiger partial charge in [0, 0.05) is 13.0 Å². The molecule has 0 aliphatic rings. The van der Waals surface area contributed by atoms with Gasteiger partial charge in [0.25, 0.3) is 0 Å². The molecule has 0 aliphatic carbocycles. The standard InChI is InChI=1S/C12H10N2OS/c1-3-8-14(9(2)15)12-13-10-6-4-5-7-11(10)16-12/h4-7H,1-2H3. The zero-order valence-corrected chi connectivity index (χ0v) is 9.84. The number of aromatic nitrogens is 1. The Morgan fingerprint density at radius 1 is 1.44 bits per heavy atom. The number of rotatable bonds is 1. The average molecular weight is 230 g/mol. The molecule has 16 heavy (non-hydrogen) atoms. The van der Waals surface area contributed by atoms with E-state index < -0.39 is 0 Å². The number of benzene rings is 1. The van der Waals surface area contributed by atoms with Crippen LogP contribution in [0.5, 0.6) is 0 Å². The van der Waals surface area contributed by atoms with E-state index in [4.69, 9.17) is 0 Å². The molecule has 0 bridgehead atoms. The van der Waals surface area contributed by atoms with E-state index in [1.807, 2.05) is 24.3 Å². The van der Waals surface area contributed by atoms with Crippen molar-refractivity contribution in [2.75, 3.05) is 4.90 Å². The van der Waals surface area contributed by atoms with E-state index in [9.17, 15) is 4.79 Å². The first kappa shape index (κ1) is 10.7. The molecule has 0 N–H and O–H groups in total. The predicted molar refractivity (Wildman–Crippen MR) is 66.2 cm³/mol. The predicted octanol–water partition coefficient (Wildman–Crippen LogP) is 2.63. The quantitative estimate of drug-likeness (QED) is 0.557. The Morgan fingerprint density at radius 2 is 2.19 bits per heavy atom. The third kappa shape index (κ3) is 1.90. The Bertz CT molecular complexity index is 559. The van der Waals surface area contributed by atoms with Crippen LogP contribution < -0.4 is 4.90 Å². The van der Waals surface area contributed by atoms with Gasteiger partial charge in [-0.2, -0.15) is 0 Å². The summed E-state index contributed by atoms with van der Waals surface area (Å²) in [6, 6.07) is 10.5. The molecule has 0 spiro atoms. The molecule has 1 aromatic carbocycles. The molecule has 0 fully saturated rings. The van der Waals surface area contributed by atoms with Crippen LogP contribution in [-0.4, -0.2) is 10.9 Å².